The third-order valence-electron chi connectivity index (χ3n) is 4.54. The van der Waals surface area contributed by atoms with Crippen LogP contribution in [-0.2, 0) is 9.59 Å². The first-order valence-corrected chi connectivity index (χ1v) is 9.66. The highest BCUT2D eigenvalue weighted by molar-refractivity contribution is 7.99. The molecule has 1 heterocycles. The largest absolute Gasteiger partial charge is 0.346 e. The van der Waals surface area contributed by atoms with Crippen LogP contribution in [0.2, 0.25) is 0 Å². The first kappa shape index (κ1) is 20.6. The van der Waals surface area contributed by atoms with Gasteiger partial charge in [0.15, 0.2) is 0 Å². The van der Waals surface area contributed by atoms with Gasteiger partial charge in [-0.2, -0.15) is 0 Å². The number of amides is 2. The maximum atomic E-state index is 12.7. The zero-order valence-corrected chi connectivity index (χ0v) is 16.3. The molecule has 1 aliphatic rings. The van der Waals surface area contributed by atoms with Crippen molar-refractivity contribution in [1.82, 2.24) is 10.2 Å². The van der Waals surface area contributed by atoms with Crippen LogP contribution in [0.1, 0.15) is 24.9 Å². The number of carbonyl (C=O) groups excluding carboxylic acids is 2. The Hall–Kier alpha value is -1.76. The van der Waals surface area contributed by atoms with Gasteiger partial charge in [0.25, 0.3) is 0 Å². The van der Waals surface area contributed by atoms with Crippen molar-refractivity contribution in [3.05, 3.63) is 48.0 Å². The molecule has 2 aromatic rings. The van der Waals surface area contributed by atoms with Crippen molar-refractivity contribution in [2.24, 2.45) is 5.73 Å². The Bertz CT molecular complexity index is 786. The highest BCUT2D eigenvalue weighted by Gasteiger charge is 2.34. The van der Waals surface area contributed by atoms with Gasteiger partial charge in [0.2, 0.25) is 11.8 Å². The smallest absolute Gasteiger partial charge is 0.244 e. The van der Waals surface area contributed by atoms with Crippen molar-refractivity contribution in [3.63, 3.8) is 0 Å². The lowest BCUT2D eigenvalue weighted by Crippen LogP contribution is -2.48. The van der Waals surface area contributed by atoms with Gasteiger partial charge in [-0.3, -0.25) is 9.59 Å². The summed E-state index contributed by atoms with van der Waals surface area (Å²) in [5.74, 6) is 1.09. The van der Waals surface area contributed by atoms with Gasteiger partial charge in [0.1, 0.15) is 6.04 Å². The number of nitrogens with zero attached hydrogens (tertiary/aromatic N) is 1. The summed E-state index contributed by atoms with van der Waals surface area (Å²) in [4.78, 5) is 26.4. The highest BCUT2D eigenvalue weighted by Crippen LogP contribution is 2.24. The second-order valence-electron chi connectivity index (χ2n) is 6.14. The summed E-state index contributed by atoms with van der Waals surface area (Å²) in [7, 11) is 0. The van der Waals surface area contributed by atoms with E-state index in [1.165, 1.54) is 0 Å². The number of halogens is 1. The predicted octanol–water partition coefficient (Wildman–Crippen LogP) is 2.69. The fourth-order valence-corrected chi connectivity index (χ4v) is 4.26. The number of carbonyl (C=O) groups is 2. The van der Waals surface area contributed by atoms with Crippen LogP contribution in [0.3, 0.4) is 0 Å². The molecule has 2 unspecified atom stereocenters. The van der Waals surface area contributed by atoms with E-state index >= 15 is 0 Å². The predicted molar refractivity (Wildman–Crippen MR) is 109 cm³/mol. The Labute approximate surface area is 164 Å². The Morgan fingerprint density at radius 2 is 2.00 bits per heavy atom. The second kappa shape index (κ2) is 9.26. The lowest BCUT2D eigenvalue weighted by atomic mass is 10.0. The molecule has 0 bridgehead atoms. The third kappa shape index (κ3) is 4.31. The van der Waals surface area contributed by atoms with E-state index in [4.69, 9.17) is 5.73 Å². The van der Waals surface area contributed by atoms with E-state index in [-0.39, 0.29) is 30.3 Å². The summed E-state index contributed by atoms with van der Waals surface area (Å²) in [6, 6.07) is 13.5. The van der Waals surface area contributed by atoms with E-state index in [2.05, 4.69) is 17.4 Å². The van der Waals surface area contributed by atoms with Gasteiger partial charge in [-0.15, -0.1) is 24.2 Å². The summed E-state index contributed by atoms with van der Waals surface area (Å²) in [6.45, 7) is 2.13. The molecule has 1 saturated heterocycles. The van der Waals surface area contributed by atoms with Crippen molar-refractivity contribution in [2.75, 3.05) is 18.2 Å². The molecule has 0 aliphatic carbocycles. The number of fused-ring (bicyclic) bond motifs is 1. The molecule has 1 fully saturated rings. The molecule has 0 saturated carbocycles. The first-order valence-electron chi connectivity index (χ1n) is 8.50. The summed E-state index contributed by atoms with van der Waals surface area (Å²) >= 11 is 1.61. The van der Waals surface area contributed by atoms with E-state index in [0.29, 0.717) is 24.6 Å². The zero-order valence-electron chi connectivity index (χ0n) is 14.7. The molecule has 7 heteroatoms. The van der Waals surface area contributed by atoms with Crippen LogP contribution in [0.4, 0.5) is 0 Å². The summed E-state index contributed by atoms with van der Waals surface area (Å²) in [6.07, 6.45) is 0.412. The van der Waals surface area contributed by atoms with Gasteiger partial charge in [0.05, 0.1) is 11.9 Å². The van der Waals surface area contributed by atoms with E-state index < -0.39 is 6.04 Å². The van der Waals surface area contributed by atoms with E-state index in [1.54, 1.807) is 16.7 Å². The SMILES string of the molecule is CCC(=O)N1CSCC1C(=O)NC(CN)c1ccc2ccccc2c1.Cl. The molecule has 0 aromatic heterocycles. The monoisotopic (exact) mass is 393 g/mol. The molecular weight excluding hydrogens is 370 g/mol. The Kier molecular flexibility index (Phi) is 7.32. The number of nitrogens with two attached hydrogens (primary N) is 1. The van der Waals surface area contributed by atoms with Gasteiger partial charge in [-0.25, -0.2) is 0 Å². The summed E-state index contributed by atoms with van der Waals surface area (Å²) < 4.78 is 0. The Morgan fingerprint density at radius 3 is 2.69 bits per heavy atom. The second-order valence-corrected chi connectivity index (χ2v) is 7.14. The number of thioether (sulfide) groups is 1. The van der Waals surface area contributed by atoms with Crippen LogP contribution in [0.15, 0.2) is 42.5 Å². The molecule has 0 spiro atoms. The van der Waals surface area contributed by atoms with Crippen LogP contribution in [0.5, 0.6) is 0 Å². The molecule has 3 N–H and O–H groups in total. The third-order valence-corrected chi connectivity index (χ3v) is 5.55. The van der Waals surface area contributed by atoms with Crippen LogP contribution in [-0.4, -0.2) is 40.9 Å². The van der Waals surface area contributed by atoms with Gasteiger partial charge in [0, 0.05) is 18.7 Å². The number of nitrogens with one attached hydrogen (secondary N) is 1. The minimum Gasteiger partial charge on any atom is -0.346 e. The lowest BCUT2D eigenvalue weighted by Gasteiger charge is -2.25. The van der Waals surface area contributed by atoms with Gasteiger partial charge >= 0.3 is 0 Å². The molecule has 2 amide bonds. The van der Waals surface area contributed by atoms with Gasteiger partial charge in [-0.1, -0.05) is 43.3 Å². The van der Waals surface area contributed by atoms with E-state index in [0.717, 1.165) is 16.3 Å². The average molecular weight is 394 g/mol. The molecule has 2 aromatic carbocycles. The van der Waals surface area contributed by atoms with Crippen molar-refractivity contribution in [2.45, 2.75) is 25.4 Å². The number of benzene rings is 2. The van der Waals surface area contributed by atoms with Crippen molar-refractivity contribution in [1.29, 1.82) is 0 Å². The highest BCUT2D eigenvalue weighted by atomic mass is 35.5. The minimum atomic E-state index is -0.410. The summed E-state index contributed by atoms with van der Waals surface area (Å²) in [5.41, 5.74) is 6.90. The average Bonchev–Trinajstić information content (AvgIpc) is 3.15. The Balaban J connectivity index is 0.00000243. The topological polar surface area (TPSA) is 75.4 Å². The quantitative estimate of drug-likeness (QED) is 0.818. The standard InChI is InChI=1S/C19H23N3O2S.ClH/c1-2-18(23)22-12-25-11-17(22)19(24)21-16(10-20)15-8-7-13-5-3-4-6-14(13)9-15;/h3-9,16-17H,2,10-12,20H2,1H3,(H,21,24);1H. The van der Waals surface area contributed by atoms with Crippen LogP contribution in [0.25, 0.3) is 10.8 Å². The normalized spacial score (nSPS) is 17.6. The molecular formula is C19H24ClN3O2S. The lowest BCUT2D eigenvalue weighted by molar-refractivity contribution is -0.138. The summed E-state index contributed by atoms with van der Waals surface area (Å²) in [5, 5.41) is 5.30. The molecule has 1 aliphatic heterocycles. The van der Waals surface area contributed by atoms with E-state index in [1.807, 2.05) is 37.3 Å². The fraction of sp³-hybridized carbons (Fsp3) is 0.368. The van der Waals surface area contributed by atoms with Crippen LogP contribution >= 0.6 is 24.2 Å². The number of hydrogen-bond donors (Lipinski definition) is 2. The molecule has 26 heavy (non-hydrogen) atoms. The number of rotatable bonds is 5. The van der Waals surface area contributed by atoms with Crippen LogP contribution in [0, 0.1) is 0 Å². The molecule has 2 atom stereocenters. The Morgan fingerprint density at radius 1 is 1.27 bits per heavy atom. The van der Waals surface area contributed by atoms with E-state index in [9.17, 15) is 9.59 Å². The maximum absolute atomic E-state index is 12.7. The van der Waals surface area contributed by atoms with Crippen LogP contribution < -0.4 is 11.1 Å². The first-order chi connectivity index (χ1) is 12.1. The van der Waals surface area contributed by atoms with Crippen molar-refractivity contribution >= 4 is 46.8 Å². The minimum absolute atomic E-state index is 0. The molecule has 0 radical (unpaired) electrons. The maximum Gasteiger partial charge on any atom is 0.244 e. The molecule has 140 valence electrons. The fourth-order valence-electron chi connectivity index (χ4n) is 3.08. The van der Waals surface area contributed by atoms with Gasteiger partial charge in [-0.05, 0) is 22.4 Å². The number of hydrogen-bond acceptors (Lipinski definition) is 4. The van der Waals surface area contributed by atoms with Crippen molar-refractivity contribution < 1.29 is 9.59 Å². The van der Waals surface area contributed by atoms with Crippen molar-refractivity contribution in [3.8, 4) is 0 Å². The molecule has 5 nitrogen and oxygen atoms in total. The van der Waals surface area contributed by atoms with Gasteiger partial charge < -0.3 is 16.0 Å². The zero-order chi connectivity index (χ0) is 17.8. The molecule has 3 rings (SSSR count).